The molecule has 0 spiro atoms. The number of aromatic nitrogens is 1. The molecular weight excluding hydrogens is 283 g/mol. The number of fused-ring (bicyclic) bond motifs is 3. The number of nitrogens with zero attached hydrogens (tertiary/aromatic N) is 2. The molecule has 0 aliphatic carbocycles. The van der Waals surface area contributed by atoms with Crippen LogP contribution in [0.2, 0.25) is 0 Å². The number of hydrogen-bond donors (Lipinski definition) is 1. The van der Waals surface area contributed by atoms with E-state index >= 15 is 0 Å². The average Bonchev–Trinajstić information content (AvgIpc) is 2.58. The van der Waals surface area contributed by atoms with Gasteiger partial charge in [0.15, 0.2) is 0 Å². The summed E-state index contributed by atoms with van der Waals surface area (Å²) in [5, 5.41) is 2.07. The van der Waals surface area contributed by atoms with Gasteiger partial charge in [-0.15, -0.1) is 0 Å². The highest BCUT2D eigenvalue weighted by Crippen LogP contribution is 2.40. The Labute approximate surface area is 107 Å². The van der Waals surface area contributed by atoms with Gasteiger partial charge in [0.25, 0.3) is 0 Å². The van der Waals surface area contributed by atoms with Crippen molar-refractivity contribution in [1.29, 1.82) is 0 Å². The molecule has 19 heavy (non-hydrogen) atoms. The molecule has 3 heterocycles. The second-order valence-electron chi connectivity index (χ2n) is 4.44. The predicted octanol–water partition coefficient (Wildman–Crippen LogP) is 0.623. The zero-order chi connectivity index (χ0) is 13.8. The molecule has 0 radical (unpaired) electrons. The van der Waals surface area contributed by atoms with Crippen molar-refractivity contribution in [2.24, 2.45) is 0 Å². The summed E-state index contributed by atoms with van der Waals surface area (Å²) in [5.74, 6) is 0.125. The van der Waals surface area contributed by atoms with Crippen LogP contribution in [-0.2, 0) is 16.0 Å². The first-order valence-corrected chi connectivity index (χ1v) is 7.15. The lowest BCUT2D eigenvalue weighted by Gasteiger charge is -2.30. The standard InChI is InChI=1S/C10H10F3N3O2S/c11-10(12,13)6-3-7-9(15-4-6)16-2-1-14-5-8(16)19(7,17)18/h3-4,8,14H,1-2,5H2/t8-/m0/s1. The smallest absolute Gasteiger partial charge is 0.336 e. The lowest BCUT2D eigenvalue weighted by Crippen LogP contribution is -2.51. The van der Waals surface area contributed by atoms with Gasteiger partial charge in [-0.2, -0.15) is 13.2 Å². The van der Waals surface area contributed by atoms with Crippen molar-refractivity contribution < 1.29 is 21.6 Å². The molecule has 0 amide bonds. The van der Waals surface area contributed by atoms with E-state index in [1.165, 1.54) is 0 Å². The van der Waals surface area contributed by atoms with Gasteiger partial charge in [-0.3, -0.25) is 0 Å². The average molecular weight is 293 g/mol. The van der Waals surface area contributed by atoms with Crippen LogP contribution in [0.3, 0.4) is 0 Å². The van der Waals surface area contributed by atoms with Crippen molar-refractivity contribution in [2.45, 2.75) is 16.4 Å². The number of halogens is 3. The van der Waals surface area contributed by atoms with Crippen LogP contribution in [-0.4, -0.2) is 38.4 Å². The number of nitrogens with one attached hydrogen (secondary N) is 1. The van der Waals surface area contributed by atoms with Crippen LogP contribution < -0.4 is 10.2 Å². The molecular formula is C10H10F3N3O2S. The van der Waals surface area contributed by atoms with Gasteiger partial charge in [-0.05, 0) is 6.07 Å². The third-order valence-corrected chi connectivity index (χ3v) is 5.34. The van der Waals surface area contributed by atoms with Gasteiger partial charge in [0.1, 0.15) is 16.1 Å². The van der Waals surface area contributed by atoms with E-state index in [0.29, 0.717) is 25.4 Å². The molecule has 1 aromatic rings. The fourth-order valence-corrected chi connectivity index (χ4v) is 4.25. The van der Waals surface area contributed by atoms with E-state index in [1.54, 1.807) is 4.90 Å². The molecule has 104 valence electrons. The Morgan fingerprint density at radius 1 is 1.42 bits per heavy atom. The van der Waals surface area contributed by atoms with Gasteiger partial charge in [-0.25, -0.2) is 13.4 Å². The molecule has 9 heteroatoms. The molecule has 0 saturated carbocycles. The van der Waals surface area contributed by atoms with Gasteiger partial charge in [0.2, 0.25) is 9.84 Å². The fraction of sp³-hybridized carbons (Fsp3) is 0.500. The number of anilines is 1. The Morgan fingerprint density at radius 3 is 2.84 bits per heavy atom. The Kier molecular flexibility index (Phi) is 2.55. The summed E-state index contributed by atoms with van der Waals surface area (Å²) in [6.45, 7) is 1.18. The molecule has 2 aliphatic rings. The number of pyridine rings is 1. The highest BCUT2D eigenvalue weighted by molar-refractivity contribution is 7.92. The fourth-order valence-electron chi connectivity index (χ4n) is 2.36. The van der Waals surface area contributed by atoms with Crippen LogP contribution >= 0.6 is 0 Å². The number of alkyl halides is 3. The van der Waals surface area contributed by atoms with Crippen molar-refractivity contribution in [3.8, 4) is 0 Å². The van der Waals surface area contributed by atoms with Gasteiger partial charge in [0, 0.05) is 25.8 Å². The van der Waals surface area contributed by atoms with Crippen molar-refractivity contribution in [1.82, 2.24) is 10.3 Å². The largest absolute Gasteiger partial charge is 0.417 e. The molecule has 1 N–H and O–H groups in total. The third-order valence-electron chi connectivity index (χ3n) is 3.29. The Hall–Kier alpha value is -1.35. The Bertz CT molecular complexity index is 629. The summed E-state index contributed by atoms with van der Waals surface area (Å²) in [6, 6.07) is 0.677. The Balaban J connectivity index is 2.17. The van der Waals surface area contributed by atoms with Gasteiger partial charge >= 0.3 is 6.18 Å². The molecule has 1 atom stereocenters. The van der Waals surface area contributed by atoms with Crippen molar-refractivity contribution >= 4 is 15.7 Å². The maximum Gasteiger partial charge on any atom is 0.417 e. The highest BCUT2D eigenvalue weighted by atomic mass is 32.2. The maximum absolute atomic E-state index is 12.6. The number of rotatable bonds is 0. The Morgan fingerprint density at radius 2 is 2.16 bits per heavy atom. The summed E-state index contributed by atoms with van der Waals surface area (Å²) in [4.78, 5) is 4.92. The highest BCUT2D eigenvalue weighted by Gasteiger charge is 2.46. The molecule has 2 aliphatic heterocycles. The lowest BCUT2D eigenvalue weighted by atomic mass is 10.2. The monoisotopic (exact) mass is 293 g/mol. The summed E-state index contributed by atoms with van der Waals surface area (Å²) >= 11 is 0. The number of hydrogen-bond acceptors (Lipinski definition) is 5. The van der Waals surface area contributed by atoms with Gasteiger partial charge in [0.05, 0.1) is 5.56 Å². The molecule has 1 fully saturated rings. The zero-order valence-corrected chi connectivity index (χ0v) is 10.4. The minimum atomic E-state index is -4.60. The topological polar surface area (TPSA) is 62.3 Å². The van der Waals surface area contributed by atoms with Gasteiger partial charge in [-0.1, -0.05) is 0 Å². The van der Waals surface area contributed by atoms with E-state index in [4.69, 9.17) is 0 Å². The first-order chi connectivity index (χ1) is 8.82. The van der Waals surface area contributed by atoms with E-state index in [2.05, 4.69) is 10.3 Å². The molecule has 0 unspecified atom stereocenters. The van der Waals surface area contributed by atoms with E-state index < -0.39 is 27.0 Å². The first-order valence-electron chi connectivity index (χ1n) is 5.60. The summed E-state index contributed by atoms with van der Waals surface area (Å²) < 4.78 is 62.3. The summed E-state index contributed by atoms with van der Waals surface area (Å²) in [7, 11) is -3.79. The molecule has 1 aromatic heterocycles. The van der Waals surface area contributed by atoms with E-state index in [0.717, 1.165) is 0 Å². The van der Waals surface area contributed by atoms with Crippen LogP contribution in [0, 0.1) is 0 Å². The lowest BCUT2D eigenvalue weighted by molar-refractivity contribution is -0.138. The number of piperazine rings is 1. The summed E-state index contributed by atoms with van der Waals surface area (Å²) in [5.41, 5.74) is -1.04. The van der Waals surface area contributed by atoms with Crippen LogP contribution in [0.1, 0.15) is 5.56 Å². The van der Waals surface area contributed by atoms with E-state index in [9.17, 15) is 21.6 Å². The minimum Gasteiger partial charge on any atom is -0.336 e. The van der Waals surface area contributed by atoms with Crippen LogP contribution in [0.5, 0.6) is 0 Å². The third kappa shape index (κ3) is 1.79. The minimum absolute atomic E-state index is 0.125. The van der Waals surface area contributed by atoms with Crippen LogP contribution in [0.4, 0.5) is 19.0 Å². The quantitative estimate of drug-likeness (QED) is 0.760. The van der Waals surface area contributed by atoms with Crippen molar-refractivity contribution in [3.63, 3.8) is 0 Å². The molecule has 5 nitrogen and oxygen atoms in total. The molecule has 0 aromatic carbocycles. The number of sulfone groups is 1. The second kappa shape index (κ2) is 3.83. The van der Waals surface area contributed by atoms with Gasteiger partial charge < -0.3 is 10.2 Å². The SMILES string of the molecule is O=S1(=O)c2cc(C(F)(F)F)cnc2N2CCNC[C@@H]21. The molecule has 1 saturated heterocycles. The van der Waals surface area contributed by atoms with Crippen molar-refractivity contribution in [3.05, 3.63) is 17.8 Å². The second-order valence-corrected chi connectivity index (χ2v) is 6.51. The normalized spacial score (nSPS) is 25.0. The zero-order valence-electron chi connectivity index (χ0n) is 9.61. The van der Waals surface area contributed by atoms with Crippen LogP contribution in [0.25, 0.3) is 0 Å². The van der Waals surface area contributed by atoms with Crippen LogP contribution in [0.15, 0.2) is 17.2 Å². The maximum atomic E-state index is 12.6. The summed E-state index contributed by atoms with van der Waals surface area (Å²) in [6.07, 6.45) is -3.92. The first kappa shape index (κ1) is 12.7. The molecule has 0 bridgehead atoms. The van der Waals surface area contributed by atoms with E-state index in [-0.39, 0.29) is 17.3 Å². The predicted molar refractivity (Wildman–Crippen MR) is 60.4 cm³/mol. The molecule has 3 rings (SSSR count). The van der Waals surface area contributed by atoms with E-state index in [1.807, 2.05) is 0 Å². The van der Waals surface area contributed by atoms with Crippen molar-refractivity contribution in [2.75, 3.05) is 24.5 Å².